The first-order chi connectivity index (χ1) is 15.1. The maximum absolute atomic E-state index is 11.6. The Labute approximate surface area is 184 Å². The smallest absolute Gasteiger partial charge is 0.320 e. The molecule has 31 heavy (non-hydrogen) atoms. The van der Waals surface area contributed by atoms with E-state index in [0.29, 0.717) is 98.5 Å². The Morgan fingerprint density at radius 3 is 1.68 bits per heavy atom. The monoisotopic (exact) mass is 452 g/mol. The number of hydrogen-bond donors (Lipinski definition) is 3. The van der Waals surface area contributed by atoms with Crippen molar-refractivity contribution in [2.75, 3.05) is 86.3 Å². The average Bonchev–Trinajstić information content (AvgIpc) is 2.75. The van der Waals surface area contributed by atoms with Crippen LogP contribution in [0.5, 0.6) is 0 Å². The molecule has 1 atom stereocenters. The third-order valence-corrected chi connectivity index (χ3v) is 3.97. The predicted octanol–water partition coefficient (Wildman–Crippen LogP) is -0.196. The molecule has 0 radical (unpaired) electrons. The summed E-state index contributed by atoms with van der Waals surface area (Å²) in [6.45, 7) is 5.84. The number of carbonyl (C=O) groups is 2. The van der Waals surface area contributed by atoms with Crippen LogP contribution in [-0.2, 0) is 38.0 Å². The minimum absolute atomic E-state index is 0.0967. The van der Waals surface area contributed by atoms with E-state index in [-0.39, 0.29) is 12.3 Å². The molecular weight excluding hydrogens is 412 g/mol. The topological polar surface area (TPSA) is 148 Å². The quantitative estimate of drug-likeness (QED) is 0.168. The van der Waals surface area contributed by atoms with E-state index in [0.717, 1.165) is 0 Å². The largest absolute Gasteiger partial charge is 0.480 e. The number of hydrogen-bond acceptors (Lipinski definition) is 9. The molecule has 0 rings (SSSR count). The van der Waals surface area contributed by atoms with Crippen molar-refractivity contribution in [3.63, 3.8) is 0 Å². The van der Waals surface area contributed by atoms with Gasteiger partial charge in [-0.2, -0.15) is 0 Å². The summed E-state index contributed by atoms with van der Waals surface area (Å²) in [5, 5.41) is 11.4. The summed E-state index contributed by atoms with van der Waals surface area (Å²) in [5.41, 5.74) is 5.40. The Bertz CT molecular complexity index is 427. The van der Waals surface area contributed by atoms with Crippen LogP contribution in [0, 0.1) is 0 Å². The number of aliphatic carboxylic acids is 1. The summed E-state index contributed by atoms with van der Waals surface area (Å²) in [6, 6.07) is -0.839. The maximum atomic E-state index is 11.6. The van der Waals surface area contributed by atoms with Gasteiger partial charge in [0.2, 0.25) is 5.91 Å². The Morgan fingerprint density at radius 1 is 0.774 bits per heavy atom. The van der Waals surface area contributed by atoms with Crippen LogP contribution in [0.4, 0.5) is 0 Å². The van der Waals surface area contributed by atoms with Crippen LogP contribution in [0.1, 0.15) is 25.7 Å². The van der Waals surface area contributed by atoms with Gasteiger partial charge in [-0.05, 0) is 19.3 Å². The van der Waals surface area contributed by atoms with E-state index in [4.69, 9.17) is 39.3 Å². The van der Waals surface area contributed by atoms with Crippen LogP contribution >= 0.6 is 0 Å². The van der Waals surface area contributed by atoms with Crippen molar-refractivity contribution in [2.24, 2.45) is 5.73 Å². The molecule has 0 spiro atoms. The Balaban J connectivity index is 3.19. The number of nitrogens with one attached hydrogen (secondary N) is 1. The molecule has 0 aliphatic rings. The van der Waals surface area contributed by atoms with Gasteiger partial charge in [-0.1, -0.05) is 0 Å². The minimum atomic E-state index is -1.00. The van der Waals surface area contributed by atoms with Crippen molar-refractivity contribution in [2.45, 2.75) is 31.7 Å². The van der Waals surface area contributed by atoms with Gasteiger partial charge in [0.25, 0.3) is 0 Å². The summed E-state index contributed by atoms with van der Waals surface area (Å²) in [7, 11) is 1.63. The lowest BCUT2D eigenvalue weighted by Crippen LogP contribution is -2.30. The van der Waals surface area contributed by atoms with E-state index in [2.05, 4.69) is 5.32 Å². The van der Waals surface area contributed by atoms with Gasteiger partial charge in [-0.25, -0.2) is 0 Å². The number of amides is 1. The normalized spacial score (nSPS) is 12.1. The second kappa shape index (κ2) is 23.3. The molecule has 4 N–H and O–H groups in total. The molecule has 0 heterocycles. The molecule has 11 nitrogen and oxygen atoms in total. The molecule has 0 aromatic heterocycles. The van der Waals surface area contributed by atoms with Gasteiger partial charge >= 0.3 is 5.97 Å². The molecule has 0 bridgehead atoms. The summed E-state index contributed by atoms with van der Waals surface area (Å²) < 4.78 is 31.6. The zero-order chi connectivity index (χ0) is 23.0. The molecule has 0 saturated carbocycles. The lowest BCUT2D eigenvalue weighted by atomic mass is 10.1. The standard InChI is InChI=1S/C20H40N2O9/c1-26-8-9-28-12-13-30-16-17-31-15-14-29-11-10-27-7-5-19(23)22-6-3-2-4-18(21)20(24)25/h18H,2-17,21H2,1H3,(H,22,23)(H,24,25)/t18-/m0/s1. The molecule has 1 amide bonds. The number of nitrogens with two attached hydrogens (primary N) is 1. The fraction of sp³-hybridized carbons (Fsp3) is 0.900. The first-order valence-corrected chi connectivity index (χ1v) is 10.7. The highest BCUT2D eigenvalue weighted by molar-refractivity contribution is 5.75. The molecule has 0 aliphatic carbocycles. The van der Waals surface area contributed by atoms with E-state index in [1.165, 1.54) is 0 Å². The highest BCUT2D eigenvalue weighted by atomic mass is 16.6. The zero-order valence-corrected chi connectivity index (χ0v) is 18.7. The molecule has 0 aromatic carbocycles. The number of rotatable bonds is 24. The Morgan fingerprint density at radius 2 is 1.23 bits per heavy atom. The van der Waals surface area contributed by atoms with Crippen LogP contribution in [0.15, 0.2) is 0 Å². The second-order valence-corrected chi connectivity index (χ2v) is 6.60. The highest BCUT2D eigenvalue weighted by Gasteiger charge is 2.10. The maximum Gasteiger partial charge on any atom is 0.320 e. The van der Waals surface area contributed by atoms with Crippen molar-refractivity contribution >= 4 is 11.9 Å². The molecule has 184 valence electrons. The van der Waals surface area contributed by atoms with Crippen molar-refractivity contribution in [3.05, 3.63) is 0 Å². The molecule has 0 aromatic rings. The van der Waals surface area contributed by atoms with Crippen LogP contribution in [-0.4, -0.2) is 109 Å². The van der Waals surface area contributed by atoms with E-state index < -0.39 is 12.0 Å². The lowest BCUT2D eigenvalue weighted by molar-refractivity contribution is -0.138. The summed E-state index contributed by atoms with van der Waals surface area (Å²) in [5.74, 6) is -1.10. The Kier molecular flexibility index (Phi) is 22.3. The fourth-order valence-electron chi connectivity index (χ4n) is 2.22. The number of carbonyl (C=O) groups excluding carboxylic acids is 1. The van der Waals surface area contributed by atoms with E-state index in [1.54, 1.807) is 7.11 Å². The number of methoxy groups -OCH3 is 1. The van der Waals surface area contributed by atoms with Crippen molar-refractivity contribution < 1.29 is 43.1 Å². The minimum Gasteiger partial charge on any atom is -0.480 e. The zero-order valence-electron chi connectivity index (χ0n) is 18.7. The van der Waals surface area contributed by atoms with Crippen molar-refractivity contribution in [3.8, 4) is 0 Å². The van der Waals surface area contributed by atoms with Gasteiger partial charge < -0.3 is 44.6 Å². The first-order valence-electron chi connectivity index (χ1n) is 10.7. The Hall–Kier alpha value is -1.34. The second-order valence-electron chi connectivity index (χ2n) is 6.60. The van der Waals surface area contributed by atoms with Gasteiger partial charge in [-0.3, -0.25) is 9.59 Å². The van der Waals surface area contributed by atoms with E-state index in [9.17, 15) is 9.59 Å². The SMILES string of the molecule is COCCOCCOCCOCCOCCOCCC(=O)NCCCC[C@H](N)C(=O)O. The molecule has 0 unspecified atom stereocenters. The van der Waals surface area contributed by atoms with Crippen LogP contribution in [0.2, 0.25) is 0 Å². The summed E-state index contributed by atoms with van der Waals surface area (Å²) in [6.07, 6.45) is 2.02. The van der Waals surface area contributed by atoms with Gasteiger partial charge in [-0.15, -0.1) is 0 Å². The predicted molar refractivity (Wildman–Crippen MR) is 113 cm³/mol. The average molecular weight is 453 g/mol. The van der Waals surface area contributed by atoms with E-state index in [1.807, 2.05) is 0 Å². The third-order valence-electron chi connectivity index (χ3n) is 3.97. The molecular formula is C20H40N2O9. The molecule has 0 saturated heterocycles. The summed E-state index contributed by atoms with van der Waals surface area (Å²) >= 11 is 0. The molecule has 0 fully saturated rings. The van der Waals surface area contributed by atoms with Gasteiger partial charge in [0.1, 0.15) is 6.04 Å². The van der Waals surface area contributed by atoms with Crippen LogP contribution in [0.3, 0.4) is 0 Å². The van der Waals surface area contributed by atoms with Gasteiger partial charge in [0, 0.05) is 20.1 Å². The number of carboxylic acids is 1. The molecule has 0 aliphatic heterocycles. The van der Waals surface area contributed by atoms with Crippen LogP contribution < -0.4 is 11.1 Å². The summed E-state index contributed by atoms with van der Waals surface area (Å²) in [4.78, 5) is 22.2. The van der Waals surface area contributed by atoms with Crippen LogP contribution in [0.25, 0.3) is 0 Å². The van der Waals surface area contributed by atoms with Gasteiger partial charge in [0.05, 0.1) is 72.7 Å². The van der Waals surface area contributed by atoms with E-state index >= 15 is 0 Å². The number of unbranched alkanes of at least 4 members (excludes halogenated alkanes) is 1. The van der Waals surface area contributed by atoms with Crippen molar-refractivity contribution in [1.82, 2.24) is 5.32 Å². The highest BCUT2D eigenvalue weighted by Crippen LogP contribution is 1.98. The molecule has 11 heteroatoms. The number of ether oxygens (including phenoxy) is 6. The number of carboxylic acid groups (broad SMARTS) is 1. The van der Waals surface area contributed by atoms with Gasteiger partial charge in [0.15, 0.2) is 0 Å². The third kappa shape index (κ3) is 23.2. The first kappa shape index (κ1) is 29.7. The van der Waals surface area contributed by atoms with Crippen molar-refractivity contribution in [1.29, 1.82) is 0 Å². The fourth-order valence-corrected chi connectivity index (χ4v) is 2.22. The lowest BCUT2D eigenvalue weighted by Gasteiger charge is -2.08.